The standard InChI is InChI=1S/C10H12N2S3/c11-7-9-10(8-12)15-6-2-4-13-3-1-5-14-9/h1-6H2/b10-9+. The van der Waals surface area contributed by atoms with Gasteiger partial charge in [0.1, 0.15) is 21.9 Å². The third-order valence-electron chi connectivity index (χ3n) is 1.77. The molecule has 0 saturated heterocycles. The van der Waals surface area contributed by atoms with Crippen LogP contribution >= 0.6 is 35.3 Å². The van der Waals surface area contributed by atoms with E-state index in [4.69, 9.17) is 10.5 Å². The maximum atomic E-state index is 8.94. The van der Waals surface area contributed by atoms with Crippen molar-refractivity contribution in [2.24, 2.45) is 0 Å². The van der Waals surface area contributed by atoms with Crippen molar-refractivity contribution in [3.63, 3.8) is 0 Å². The van der Waals surface area contributed by atoms with Crippen LogP contribution in [0.4, 0.5) is 0 Å². The first-order valence-corrected chi connectivity index (χ1v) is 7.89. The summed E-state index contributed by atoms with van der Waals surface area (Å²) in [6.45, 7) is 0. The van der Waals surface area contributed by atoms with Crippen LogP contribution in [0.5, 0.6) is 0 Å². The zero-order valence-corrected chi connectivity index (χ0v) is 10.8. The number of nitrogens with zero attached hydrogens (tertiary/aromatic N) is 2. The molecule has 1 rings (SSSR count). The average Bonchev–Trinajstić information content (AvgIpc) is 2.32. The molecule has 1 heterocycles. The Hall–Kier alpha value is -0.230. The van der Waals surface area contributed by atoms with Crippen LogP contribution in [-0.2, 0) is 0 Å². The van der Waals surface area contributed by atoms with E-state index in [0.29, 0.717) is 9.81 Å². The Morgan fingerprint density at radius 1 is 0.800 bits per heavy atom. The molecule has 0 bridgehead atoms. The van der Waals surface area contributed by atoms with Crippen molar-refractivity contribution in [2.45, 2.75) is 12.8 Å². The van der Waals surface area contributed by atoms with Crippen molar-refractivity contribution >= 4 is 35.3 Å². The smallest absolute Gasteiger partial charge is 0.109 e. The van der Waals surface area contributed by atoms with Crippen molar-refractivity contribution in [1.82, 2.24) is 0 Å². The zero-order valence-electron chi connectivity index (χ0n) is 8.36. The monoisotopic (exact) mass is 256 g/mol. The number of nitriles is 2. The van der Waals surface area contributed by atoms with E-state index in [2.05, 4.69) is 12.1 Å². The van der Waals surface area contributed by atoms with Gasteiger partial charge in [-0.15, -0.1) is 23.5 Å². The van der Waals surface area contributed by atoms with Crippen LogP contribution in [0.15, 0.2) is 9.81 Å². The lowest BCUT2D eigenvalue weighted by molar-refractivity contribution is 1.09. The van der Waals surface area contributed by atoms with Gasteiger partial charge in [0.05, 0.1) is 0 Å². The molecule has 15 heavy (non-hydrogen) atoms. The van der Waals surface area contributed by atoms with E-state index in [1.165, 1.54) is 23.5 Å². The van der Waals surface area contributed by atoms with E-state index in [1.54, 1.807) is 0 Å². The van der Waals surface area contributed by atoms with Gasteiger partial charge in [0.25, 0.3) is 0 Å². The SMILES string of the molecule is N#C/C1=C(/C#N)SCCCSCCCS1. The molecule has 0 aliphatic carbocycles. The summed E-state index contributed by atoms with van der Waals surface area (Å²) in [6, 6.07) is 4.27. The largest absolute Gasteiger partial charge is 0.192 e. The summed E-state index contributed by atoms with van der Waals surface area (Å²) in [5.41, 5.74) is 0. The van der Waals surface area contributed by atoms with Crippen LogP contribution in [-0.4, -0.2) is 23.0 Å². The maximum absolute atomic E-state index is 8.94. The fraction of sp³-hybridized carbons (Fsp3) is 0.600. The van der Waals surface area contributed by atoms with Gasteiger partial charge in [-0.3, -0.25) is 0 Å². The second-order valence-electron chi connectivity index (χ2n) is 2.90. The molecule has 0 spiro atoms. The summed E-state index contributed by atoms with van der Waals surface area (Å²) >= 11 is 5.02. The van der Waals surface area contributed by atoms with Crippen LogP contribution in [0.2, 0.25) is 0 Å². The third-order valence-corrected chi connectivity index (χ3v) is 5.21. The van der Waals surface area contributed by atoms with E-state index >= 15 is 0 Å². The van der Waals surface area contributed by atoms with Gasteiger partial charge in [0.15, 0.2) is 0 Å². The molecule has 0 atom stereocenters. The molecule has 80 valence electrons. The Kier molecular flexibility index (Phi) is 6.83. The van der Waals surface area contributed by atoms with Gasteiger partial charge in [-0.1, -0.05) is 0 Å². The molecule has 1 aliphatic rings. The molecule has 1 aliphatic heterocycles. The lowest BCUT2D eigenvalue weighted by Crippen LogP contribution is -1.86. The third kappa shape index (κ3) is 4.88. The summed E-state index contributed by atoms with van der Waals surface area (Å²) in [4.78, 5) is 1.21. The van der Waals surface area contributed by atoms with Gasteiger partial charge in [-0.25, -0.2) is 0 Å². The fourth-order valence-electron chi connectivity index (χ4n) is 1.07. The summed E-state index contributed by atoms with van der Waals surface area (Å²) in [6.07, 6.45) is 2.23. The Balaban J connectivity index is 2.67. The number of rotatable bonds is 0. The van der Waals surface area contributed by atoms with E-state index in [-0.39, 0.29) is 0 Å². The highest BCUT2D eigenvalue weighted by Crippen LogP contribution is 2.29. The molecule has 0 aromatic carbocycles. The van der Waals surface area contributed by atoms with Crippen molar-refractivity contribution in [1.29, 1.82) is 10.5 Å². The predicted molar refractivity (Wildman–Crippen MR) is 69.7 cm³/mol. The first-order chi connectivity index (χ1) is 7.38. The van der Waals surface area contributed by atoms with Crippen LogP contribution in [0, 0.1) is 22.7 Å². The predicted octanol–water partition coefficient (Wildman–Crippen LogP) is 3.24. The average molecular weight is 256 g/mol. The normalized spacial score (nSPS) is 24.7. The van der Waals surface area contributed by atoms with Crippen LogP contribution in [0.3, 0.4) is 0 Å². The summed E-state index contributed by atoms with van der Waals surface area (Å²) in [5, 5.41) is 17.9. The van der Waals surface area contributed by atoms with E-state index in [1.807, 2.05) is 11.8 Å². The minimum atomic E-state index is 0.606. The Morgan fingerprint density at radius 3 is 1.67 bits per heavy atom. The quantitative estimate of drug-likeness (QED) is 0.666. The molecular formula is C10H12N2S3. The minimum absolute atomic E-state index is 0.606. The second-order valence-corrected chi connectivity index (χ2v) is 6.33. The number of thioether (sulfide) groups is 3. The lowest BCUT2D eigenvalue weighted by atomic mass is 10.5. The molecule has 0 radical (unpaired) electrons. The molecule has 2 nitrogen and oxygen atoms in total. The molecule has 0 amide bonds. The molecule has 0 N–H and O–H groups in total. The van der Waals surface area contributed by atoms with Crippen LogP contribution in [0.25, 0.3) is 0 Å². The second kappa shape index (κ2) is 7.98. The van der Waals surface area contributed by atoms with Gasteiger partial charge in [-0.2, -0.15) is 22.3 Å². The van der Waals surface area contributed by atoms with Gasteiger partial charge >= 0.3 is 0 Å². The van der Waals surface area contributed by atoms with Gasteiger partial charge < -0.3 is 0 Å². The maximum Gasteiger partial charge on any atom is 0.109 e. The fourth-order valence-corrected chi connectivity index (χ4v) is 4.16. The highest BCUT2D eigenvalue weighted by molar-refractivity contribution is 8.07. The Bertz CT molecular complexity index is 282. The van der Waals surface area contributed by atoms with E-state index in [0.717, 1.165) is 35.9 Å². The highest BCUT2D eigenvalue weighted by Gasteiger charge is 2.08. The molecule has 0 unspecified atom stereocenters. The summed E-state index contributed by atoms with van der Waals surface area (Å²) in [7, 11) is 0. The van der Waals surface area contributed by atoms with Gasteiger partial charge in [0.2, 0.25) is 0 Å². The lowest BCUT2D eigenvalue weighted by Gasteiger charge is -2.00. The van der Waals surface area contributed by atoms with Gasteiger partial charge in [-0.05, 0) is 35.9 Å². The summed E-state index contributed by atoms with van der Waals surface area (Å²) in [5.74, 6) is 4.22. The first kappa shape index (κ1) is 12.8. The van der Waals surface area contributed by atoms with Crippen molar-refractivity contribution in [2.75, 3.05) is 23.0 Å². The van der Waals surface area contributed by atoms with E-state index in [9.17, 15) is 0 Å². The first-order valence-electron chi connectivity index (χ1n) is 4.76. The van der Waals surface area contributed by atoms with Crippen molar-refractivity contribution in [3.05, 3.63) is 9.81 Å². The summed E-state index contributed by atoms with van der Waals surface area (Å²) < 4.78 is 0. The molecule has 0 fully saturated rings. The van der Waals surface area contributed by atoms with Crippen LogP contribution in [0.1, 0.15) is 12.8 Å². The molecule has 5 heteroatoms. The topological polar surface area (TPSA) is 47.6 Å². The number of hydrogen-bond donors (Lipinski definition) is 0. The Morgan fingerprint density at radius 2 is 1.27 bits per heavy atom. The molecule has 0 saturated carbocycles. The number of hydrogen-bond acceptors (Lipinski definition) is 5. The molecule has 0 aromatic rings. The van der Waals surface area contributed by atoms with Gasteiger partial charge in [0, 0.05) is 0 Å². The number of allylic oxidation sites excluding steroid dienone is 2. The molecular weight excluding hydrogens is 244 g/mol. The van der Waals surface area contributed by atoms with Crippen molar-refractivity contribution in [3.8, 4) is 12.1 Å². The minimum Gasteiger partial charge on any atom is -0.192 e. The zero-order chi connectivity index (χ0) is 10.9. The van der Waals surface area contributed by atoms with Crippen LogP contribution < -0.4 is 0 Å². The Labute approximate surface area is 103 Å². The molecule has 0 aromatic heterocycles. The van der Waals surface area contributed by atoms with E-state index < -0.39 is 0 Å². The van der Waals surface area contributed by atoms with Crippen molar-refractivity contribution < 1.29 is 0 Å². The highest BCUT2D eigenvalue weighted by atomic mass is 32.2.